The quantitative estimate of drug-likeness (QED) is 0.684. The van der Waals surface area contributed by atoms with Crippen LogP contribution in [0.25, 0.3) is 0 Å². The molecule has 114 valence electrons. The van der Waals surface area contributed by atoms with Crippen molar-refractivity contribution in [1.29, 1.82) is 0 Å². The van der Waals surface area contributed by atoms with Crippen molar-refractivity contribution in [2.24, 2.45) is 0 Å². The lowest BCUT2D eigenvalue weighted by Gasteiger charge is -2.19. The van der Waals surface area contributed by atoms with Crippen LogP contribution < -0.4 is 4.74 Å². The summed E-state index contributed by atoms with van der Waals surface area (Å²) in [5.41, 5.74) is 0.656. The predicted molar refractivity (Wildman–Crippen MR) is 79.1 cm³/mol. The molecule has 0 heterocycles. The zero-order valence-electron chi connectivity index (χ0n) is 11.9. The Morgan fingerprint density at radius 1 is 1.30 bits per heavy atom. The van der Waals surface area contributed by atoms with E-state index in [1.165, 1.54) is 18.5 Å². The predicted octanol–water partition coefficient (Wildman–Crippen LogP) is 1.74. The summed E-state index contributed by atoms with van der Waals surface area (Å²) in [6, 6.07) is 4.90. The lowest BCUT2D eigenvalue weighted by Crippen LogP contribution is -2.30. The van der Waals surface area contributed by atoms with Crippen molar-refractivity contribution in [3.8, 4) is 5.75 Å². The molecule has 0 amide bonds. The second-order valence-electron chi connectivity index (χ2n) is 4.23. The third kappa shape index (κ3) is 4.09. The highest BCUT2D eigenvalue weighted by Gasteiger charge is 2.23. The van der Waals surface area contributed by atoms with Gasteiger partial charge in [0.05, 0.1) is 18.6 Å². The van der Waals surface area contributed by atoms with Crippen molar-refractivity contribution in [3.63, 3.8) is 0 Å². The van der Waals surface area contributed by atoms with Gasteiger partial charge in [-0.15, -0.1) is 11.6 Å². The van der Waals surface area contributed by atoms with Gasteiger partial charge in [0.15, 0.2) is 0 Å². The van der Waals surface area contributed by atoms with Gasteiger partial charge in [0.2, 0.25) is 10.0 Å². The zero-order chi connectivity index (χ0) is 15.2. The number of methoxy groups -OCH3 is 2. The monoisotopic (exact) mass is 321 g/mol. The summed E-state index contributed by atoms with van der Waals surface area (Å²) in [5, 5.41) is 0. The Labute approximate surface area is 125 Å². The molecule has 0 bridgehead atoms. The van der Waals surface area contributed by atoms with E-state index in [1.807, 2.05) is 0 Å². The number of halogens is 1. The molecule has 1 aromatic carbocycles. The second-order valence-corrected chi connectivity index (χ2v) is 6.62. The zero-order valence-corrected chi connectivity index (χ0v) is 13.5. The van der Waals surface area contributed by atoms with Crippen molar-refractivity contribution in [1.82, 2.24) is 4.31 Å². The van der Waals surface area contributed by atoms with Gasteiger partial charge in [-0.3, -0.25) is 0 Å². The number of aryl methyl sites for hydroxylation is 1. The average molecular weight is 322 g/mol. The van der Waals surface area contributed by atoms with E-state index in [4.69, 9.17) is 21.1 Å². The number of rotatable bonds is 8. The van der Waals surface area contributed by atoms with Crippen LogP contribution in [0, 0.1) is 0 Å². The molecule has 20 heavy (non-hydrogen) atoms. The molecule has 7 heteroatoms. The Balaban J connectivity index is 3.16. The van der Waals surface area contributed by atoms with Crippen molar-refractivity contribution in [2.45, 2.75) is 11.3 Å². The first-order chi connectivity index (χ1) is 9.47. The molecule has 5 nitrogen and oxygen atoms in total. The number of hydrogen-bond donors (Lipinski definition) is 0. The summed E-state index contributed by atoms with van der Waals surface area (Å²) < 4.78 is 36.3. The fourth-order valence-corrected chi connectivity index (χ4v) is 3.33. The number of nitrogens with zero attached hydrogens (tertiary/aromatic N) is 1. The Morgan fingerprint density at radius 3 is 2.55 bits per heavy atom. The van der Waals surface area contributed by atoms with Gasteiger partial charge in [-0.05, 0) is 30.2 Å². The van der Waals surface area contributed by atoms with E-state index in [9.17, 15) is 8.42 Å². The molecule has 0 N–H and O–H groups in total. The Kier molecular flexibility index (Phi) is 6.75. The van der Waals surface area contributed by atoms with Gasteiger partial charge < -0.3 is 9.47 Å². The first-order valence-electron chi connectivity index (χ1n) is 6.15. The maximum absolute atomic E-state index is 12.5. The molecule has 0 saturated carbocycles. The van der Waals surface area contributed by atoms with Crippen LogP contribution in [0.5, 0.6) is 5.75 Å². The molecule has 0 spiro atoms. The van der Waals surface area contributed by atoms with Crippen molar-refractivity contribution >= 4 is 21.6 Å². The molecule has 0 unspecified atom stereocenters. The molecule has 0 fully saturated rings. The van der Waals surface area contributed by atoms with Gasteiger partial charge in [0.25, 0.3) is 0 Å². The van der Waals surface area contributed by atoms with Crippen LogP contribution in [0.4, 0.5) is 0 Å². The molecule has 0 aliphatic heterocycles. The smallest absolute Gasteiger partial charge is 0.243 e. The number of alkyl halides is 1. The fourth-order valence-electron chi connectivity index (χ4n) is 1.74. The molecule has 0 saturated heterocycles. The summed E-state index contributed by atoms with van der Waals surface area (Å²) >= 11 is 5.75. The van der Waals surface area contributed by atoms with Crippen LogP contribution in [-0.4, -0.2) is 53.0 Å². The van der Waals surface area contributed by atoms with Crippen molar-refractivity contribution in [2.75, 3.05) is 40.3 Å². The molecule has 1 rings (SSSR count). The lowest BCUT2D eigenvalue weighted by molar-refractivity contribution is 0.185. The molecule has 0 radical (unpaired) electrons. The Bertz CT molecular complexity index is 533. The average Bonchev–Trinajstić information content (AvgIpc) is 2.44. The highest BCUT2D eigenvalue weighted by atomic mass is 35.5. The van der Waals surface area contributed by atoms with Gasteiger partial charge in [-0.2, -0.15) is 4.31 Å². The fraction of sp³-hybridized carbons (Fsp3) is 0.538. The Hall–Kier alpha value is -0.820. The van der Waals surface area contributed by atoms with Crippen molar-refractivity contribution < 1.29 is 17.9 Å². The van der Waals surface area contributed by atoms with E-state index < -0.39 is 10.0 Å². The van der Waals surface area contributed by atoms with Crippen LogP contribution in [0.2, 0.25) is 0 Å². The largest absolute Gasteiger partial charge is 0.497 e. The van der Waals surface area contributed by atoms with Gasteiger partial charge in [0, 0.05) is 26.6 Å². The summed E-state index contributed by atoms with van der Waals surface area (Å²) in [4.78, 5) is 0.262. The van der Waals surface area contributed by atoms with E-state index in [0.29, 0.717) is 36.8 Å². The maximum Gasteiger partial charge on any atom is 0.243 e. The summed E-state index contributed by atoms with van der Waals surface area (Å²) in [5.74, 6) is 0.959. The summed E-state index contributed by atoms with van der Waals surface area (Å²) in [7, 11) is 1.06. The van der Waals surface area contributed by atoms with E-state index in [1.54, 1.807) is 25.3 Å². The first-order valence-corrected chi connectivity index (χ1v) is 8.13. The summed E-state index contributed by atoms with van der Waals surface area (Å²) in [6.07, 6.45) is 0.464. The molecular formula is C13H20ClNO4S. The van der Waals surface area contributed by atoms with Gasteiger partial charge in [-0.1, -0.05) is 0 Å². The molecular weight excluding hydrogens is 302 g/mol. The van der Waals surface area contributed by atoms with Gasteiger partial charge in [-0.25, -0.2) is 8.42 Å². The molecule has 0 aliphatic rings. The van der Waals surface area contributed by atoms with Gasteiger partial charge in [0.1, 0.15) is 5.75 Å². The number of sulfonamides is 1. The Morgan fingerprint density at radius 2 is 2.00 bits per heavy atom. The number of benzene rings is 1. The van der Waals surface area contributed by atoms with Crippen LogP contribution in [0.15, 0.2) is 23.1 Å². The lowest BCUT2D eigenvalue weighted by atomic mass is 10.1. The maximum atomic E-state index is 12.5. The van der Waals surface area contributed by atoms with E-state index >= 15 is 0 Å². The third-order valence-electron chi connectivity index (χ3n) is 2.93. The molecule has 0 aliphatic carbocycles. The number of ether oxygens (including phenoxy) is 2. The molecule has 1 aromatic rings. The summed E-state index contributed by atoms with van der Waals surface area (Å²) in [6.45, 7) is 0.641. The van der Waals surface area contributed by atoms with Gasteiger partial charge >= 0.3 is 0 Å². The van der Waals surface area contributed by atoms with E-state index in [-0.39, 0.29) is 4.90 Å². The highest BCUT2D eigenvalue weighted by molar-refractivity contribution is 7.89. The van der Waals surface area contributed by atoms with Crippen LogP contribution in [0.3, 0.4) is 0 Å². The number of hydrogen-bond acceptors (Lipinski definition) is 4. The molecule has 0 atom stereocenters. The van der Waals surface area contributed by atoms with E-state index in [0.717, 1.165) is 0 Å². The normalized spacial score (nSPS) is 11.8. The van der Waals surface area contributed by atoms with Crippen molar-refractivity contribution in [3.05, 3.63) is 23.8 Å². The van der Waals surface area contributed by atoms with Crippen LogP contribution in [-0.2, 0) is 21.2 Å². The number of likely N-dealkylation sites (N-methyl/N-ethyl adjacent to an activating group) is 1. The topological polar surface area (TPSA) is 55.8 Å². The first kappa shape index (κ1) is 17.2. The standard InChI is InChI=1S/C13H20ClNO4S/c1-15(8-9-18-2)20(16,17)13-5-4-12(19-3)10-11(13)6-7-14/h4-5,10H,6-9H2,1-3H3. The molecule has 0 aromatic heterocycles. The minimum absolute atomic E-state index is 0.262. The second kappa shape index (κ2) is 7.83. The van der Waals surface area contributed by atoms with Crippen LogP contribution in [0.1, 0.15) is 5.56 Å². The van der Waals surface area contributed by atoms with Crippen LogP contribution >= 0.6 is 11.6 Å². The third-order valence-corrected chi connectivity index (χ3v) is 5.08. The van der Waals surface area contributed by atoms with E-state index in [2.05, 4.69) is 0 Å². The minimum Gasteiger partial charge on any atom is -0.497 e. The minimum atomic E-state index is -3.55. The highest BCUT2D eigenvalue weighted by Crippen LogP contribution is 2.24. The SMILES string of the molecule is COCCN(C)S(=O)(=O)c1ccc(OC)cc1CCCl.